The highest BCUT2D eigenvalue weighted by atomic mass is 32.2. The second kappa shape index (κ2) is 11.0. The number of rotatable bonds is 8. The van der Waals surface area contributed by atoms with Crippen LogP contribution in [0.25, 0.3) is 0 Å². The van der Waals surface area contributed by atoms with Crippen molar-refractivity contribution in [1.82, 2.24) is 10.2 Å². The van der Waals surface area contributed by atoms with E-state index < -0.39 is 22.0 Å². The van der Waals surface area contributed by atoms with E-state index in [4.69, 9.17) is 9.47 Å². The zero-order valence-electron chi connectivity index (χ0n) is 20.5. The fourth-order valence-corrected chi connectivity index (χ4v) is 7.01. The van der Waals surface area contributed by atoms with Crippen LogP contribution in [0.4, 0.5) is 10.8 Å². The molecule has 12 heteroatoms. The number of aryl methyl sites for hydroxylation is 1. The zero-order valence-corrected chi connectivity index (χ0v) is 23.0. The molecule has 0 fully saturated rings. The normalized spacial score (nSPS) is 14.9. The third-order valence-electron chi connectivity index (χ3n) is 5.77. The van der Waals surface area contributed by atoms with Gasteiger partial charge in [0.1, 0.15) is 11.5 Å². The molecule has 1 N–H and O–H groups in total. The van der Waals surface area contributed by atoms with Gasteiger partial charge in [-0.15, -0.1) is 10.2 Å². The van der Waals surface area contributed by atoms with E-state index in [0.29, 0.717) is 26.7 Å². The largest absolute Gasteiger partial charge is 0.497 e. The molecule has 1 atom stereocenters. The summed E-state index contributed by atoms with van der Waals surface area (Å²) in [5.74, 6) is 1.06. The number of anilines is 2. The molecule has 0 bridgehead atoms. The van der Waals surface area contributed by atoms with Crippen LogP contribution in [0.2, 0.25) is 0 Å². The predicted molar refractivity (Wildman–Crippen MR) is 148 cm³/mol. The van der Waals surface area contributed by atoms with Crippen LogP contribution in [0.5, 0.6) is 11.5 Å². The summed E-state index contributed by atoms with van der Waals surface area (Å²) in [6, 6.07) is 21.3. The number of methoxy groups -OCH3 is 1. The summed E-state index contributed by atoms with van der Waals surface area (Å²) in [6.45, 7) is 1.66. The maximum absolute atomic E-state index is 13.6. The summed E-state index contributed by atoms with van der Waals surface area (Å²) < 4.78 is 40.3. The Hall–Kier alpha value is -3.61. The molecule has 38 heavy (non-hydrogen) atoms. The lowest BCUT2D eigenvalue weighted by Crippen LogP contribution is -2.48. The van der Waals surface area contributed by atoms with Crippen molar-refractivity contribution >= 4 is 49.8 Å². The quantitative estimate of drug-likeness (QED) is 0.240. The number of carbonyl (C=O) groups excluding carboxylic acids is 1. The number of nitrogens with zero attached hydrogens (tertiary/aromatic N) is 3. The van der Waals surface area contributed by atoms with Crippen LogP contribution in [0.1, 0.15) is 11.1 Å². The Morgan fingerprint density at radius 2 is 1.89 bits per heavy atom. The summed E-state index contributed by atoms with van der Waals surface area (Å²) >= 11 is 2.77. The average molecular weight is 569 g/mol. The zero-order chi connectivity index (χ0) is 26.7. The van der Waals surface area contributed by atoms with Gasteiger partial charge >= 0.3 is 0 Å². The van der Waals surface area contributed by atoms with Crippen molar-refractivity contribution in [3.05, 3.63) is 83.9 Å². The van der Waals surface area contributed by atoms with Crippen LogP contribution in [0.3, 0.4) is 0 Å². The first-order chi connectivity index (χ1) is 18.3. The van der Waals surface area contributed by atoms with Gasteiger partial charge in [0.2, 0.25) is 5.13 Å². The molecule has 1 amide bonds. The molecule has 2 heterocycles. The SMILES string of the molecule is COc1ccc(S(=O)(=O)N2C[C@@H](C(=O)Nc3nnc(SCc4ccccc4)s3)Oc3cc(C)ccc32)cc1. The Kier molecular flexibility index (Phi) is 7.54. The van der Waals surface area contributed by atoms with Crippen molar-refractivity contribution in [3.63, 3.8) is 0 Å². The summed E-state index contributed by atoms with van der Waals surface area (Å²) in [7, 11) is -2.48. The van der Waals surface area contributed by atoms with Gasteiger partial charge < -0.3 is 9.47 Å². The number of carbonyl (C=O) groups is 1. The smallest absolute Gasteiger partial charge is 0.269 e. The summed E-state index contributed by atoms with van der Waals surface area (Å²) in [6.07, 6.45) is -1.10. The van der Waals surface area contributed by atoms with Crippen molar-refractivity contribution in [3.8, 4) is 11.5 Å². The fourth-order valence-electron chi connectivity index (χ4n) is 3.82. The monoisotopic (exact) mass is 568 g/mol. The number of ether oxygens (including phenoxy) is 2. The molecule has 4 aromatic rings. The molecule has 0 saturated heterocycles. The highest BCUT2D eigenvalue weighted by molar-refractivity contribution is 8.00. The number of nitrogens with one attached hydrogen (secondary N) is 1. The highest BCUT2D eigenvalue weighted by Gasteiger charge is 2.38. The first-order valence-electron chi connectivity index (χ1n) is 11.6. The molecule has 0 radical (unpaired) electrons. The van der Waals surface area contributed by atoms with Gasteiger partial charge in [0.05, 0.1) is 24.2 Å². The van der Waals surface area contributed by atoms with Crippen molar-refractivity contribution in [1.29, 1.82) is 0 Å². The standard InChI is InChI=1S/C26H24N4O5S3/c1-17-8-13-21-22(14-17)35-23(15-30(21)38(32,33)20-11-9-19(34-2)10-12-20)24(31)27-25-28-29-26(37-25)36-16-18-6-4-3-5-7-18/h3-14,23H,15-16H2,1-2H3,(H,27,28,31)/t23-/m0/s1. The first-order valence-corrected chi connectivity index (χ1v) is 14.8. The summed E-state index contributed by atoms with van der Waals surface area (Å²) in [5.41, 5.74) is 2.39. The number of thioether (sulfide) groups is 1. The van der Waals surface area contributed by atoms with Crippen LogP contribution in [0, 0.1) is 6.92 Å². The topological polar surface area (TPSA) is 111 Å². The minimum Gasteiger partial charge on any atom is -0.497 e. The van der Waals surface area contributed by atoms with Gasteiger partial charge in [-0.25, -0.2) is 8.42 Å². The Balaban J connectivity index is 1.34. The molecule has 0 unspecified atom stereocenters. The lowest BCUT2D eigenvalue weighted by atomic mass is 10.1. The third-order valence-corrected chi connectivity index (χ3v) is 9.60. The Morgan fingerprint density at radius 1 is 1.13 bits per heavy atom. The number of benzene rings is 3. The van der Waals surface area contributed by atoms with E-state index in [-0.39, 0.29) is 11.4 Å². The van der Waals surface area contributed by atoms with E-state index in [1.165, 1.54) is 46.6 Å². The number of hydrogen-bond donors (Lipinski definition) is 1. The second-order valence-corrected chi connectivity index (χ2v) is 12.5. The third kappa shape index (κ3) is 5.62. The molecular weight excluding hydrogens is 545 g/mol. The molecule has 1 aromatic heterocycles. The van der Waals surface area contributed by atoms with Crippen LogP contribution in [0.15, 0.2) is 82.0 Å². The van der Waals surface area contributed by atoms with Crippen LogP contribution in [-0.2, 0) is 20.6 Å². The van der Waals surface area contributed by atoms with Crippen LogP contribution < -0.4 is 19.1 Å². The highest BCUT2D eigenvalue weighted by Crippen LogP contribution is 2.38. The molecule has 0 aliphatic carbocycles. The van der Waals surface area contributed by atoms with Crippen LogP contribution >= 0.6 is 23.1 Å². The lowest BCUT2D eigenvalue weighted by molar-refractivity contribution is -0.122. The minimum absolute atomic E-state index is 0.0788. The molecule has 1 aliphatic rings. The van der Waals surface area contributed by atoms with E-state index in [0.717, 1.165) is 16.9 Å². The number of fused-ring (bicyclic) bond motifs is 1. The van der Waals surface area contributed by atoms with E-state index in [2.05, 4.69) is 15.5 Å². The van der Waals surface area contributed by atoms with Gasteiger partial charge in [0.15, 0.2) is 10.4 Å². The number of sulfonamides is 1. The molecule has 3 aromatic carbocycles. The Bertz CT molecular complexity index is 1540. The Morgan fingerprint density at radius 3 is 2.63 bits per heavy atom. The van der Waals surface area contributed by atoms with E-state index in [9.17, 15) is 13.2 Å². The Labute approximate surface area is 228 Å². The molecule has 9 nitrogen and oxygen atoms in total. The van der Waals surface area contributed by atoms with E-state index in [1.54, 1.807) is 30.3 Å². The van der Waals surface area contributed by atoms with E-state index in [1.807, 2.05) is 37.3 Å². The molecule has 196 valence electrons. The summed E-state index contributed by atoms with van der Waals surface area (Å²) in [5, 5.41) is 11.3. The molecule has 5 rings (SSSR count). The van der Waals surface area contributed by atoms with Crippen LogP contribution in [-0.4, -0.2) is 44.3 Å². The van der Waals surface area contributed by atoms with Crippen molar-refractivity contribution < 1.29 is 22.7 Å². The molecule has 0 spiro atoms. The number of aromatic nitrogens is 2. The van der Waals surface area contributed by atoms with Gasteiger partial charge in [-0.1, -0.05) is 59.5 Å². The predicted octanol–water partition coefficient (Wildman–Crippen LogP) is 4.74. The number of hydrogen-bond acceptors (Lipinski definition) is 9. The second-order valence-electron chi connectivity index (χ2n) is 8.43. The maximum Gasteiger partial charge on any atom is 0.269 e. The van der Waals surface area contributed by atoms with Crippen molar-refractivity contribution in [2.45, 2.75) is 28.0 Å². The summed E-state index contributed by atoms with van der Waals surface area (Å²) in [4.78, 5) is 13.3. The van der Waals surface area contributed by atoms with Crippen molar-refractivity contribution in [2.24, 2.45) is 0 Å². The molecule has 0 saturated carbocycles. The van der Waals surface area contributed by atoms with Gasteiger partial charge in [-0.2, -0.15) is 0 Å². The average Bonchev–Trinajstić information content (AvgIpc) is 3.38. The van der Waals surface area contributed by atoms with Gasteiger partial charge in [-0.05, 0) is 54.4 Å². The first kappa shape index (κ1) is 26.0. The number of amides is 1. The van der Waals surface area contributed by atoms with Gasteiger partial charge in [-0.3, -0.25) is 14.4 Å². The van der Waals surface area contributed by atoms with Gasteiger partial charge in [0, 0.05) is 5.75 Å². The fraction of sp³-hybridized carbons (Fsp3) is 0.192. The maximum atomic E-state index is 13.6. The molecular formula is C26H24N4O5S3. The van der Waals surface area contributed by atoms with Gasteiger partial charge in [0.25, 0.3) is 15.9 Å². The van der Waals surface area contributed by atoms with E-state index >= 15 is 0 Å². The van der Waals surface area contributed by atoms with Crippen molar-refractivity contribution in [2.75, 3.05) is 23.3 Å². The molecule has 1 aliphatic heterocycles. The minimum atomic E-state index is -3.99. The lowest BCUT2D eigenvalue weighted by Gasteiger charge is -2.34.